The van der Waals surface area contributed by atoms with E-state index in [1.54, 1.807) is 25.7 Å². The number of nitrogens with zero attached hydrogens (tertiary/aromatic N) is 1. The lowest BCUT2D eigenvalue weighted by molar-refractivity contribution is 0.0950. The van der Waals surface area contributed by atoms with Gasteiger partial charge < -0.3 is 20.1 Å². The van der Waals surface area contributed by atoms with Gasteiger partial charge in [-0.25, -0.2) is 4.98 Å². The number of aromatic nitrogens is 1. The highest BCUT2D eigenvalue weighted by molar-refractivity contribution is 7.14. The monoisotopic (exact) mass is 387 g/mol. The number of allylic oxidation sites excluding steroid dienone is 1. The Morgan fingerprint density at radius 1 is 1.26 bits per heavy atom. The van der Waals surface area contributed by atoms with E-state index in [9.17, 15) is 4.79 Å². The van der Waals surface area contributed by atoms with Crippen molar-refractivity contribution in [3.8, 4) is 11.5 Å². The molecule has 1 aliphatic rings. The molecule has 0 bridgehead atoms. The number of amides is 1. The van der Waals surface area contributed by atoms with Crippen LogP contribution in [0.3, 0.4) is 0 Å². The van der Waals surface area contributed by atoms with Crippen LogP contribution >= 0.6 is 11.3 Å². The van der Waals surface area contributed by atoms with Crippen LogP contribution in [-0.4, -0.2) is 31.7 Å². The lowest BCUT2D eigenvalue weighted by Gasteiger charge is -2.12. The van der Waals surface area contributed by atoms with Gasteiger partial charge in [-0.2, -0.15) is 0 Å². The van der Waals surface area contributed by atoms with Crippen molar-refractivity contribution in [3.63, 3.8) is 0 Å². The van der Waals surface area contributed by atoms with Crippen LogP contribution in [0.1, 0.15) is 42.6 Å². The molecule has 2 N–H and O–H groups in total. The molecule has 3 rings (SSSR count). The van der Waals surface area contributed by atoms with E-state index in [0.717, 1.165) is 18.5 Å². The maximum atomic E-state index is 12.3. The van der Waals surface area contributed by atoms with Crippen LogP contribution in [0.2, 0.25) is 0 Å². The lowest BCUT2D eigenvalue weighted by atomic mass is 9.97. The highest BCUT2D eigenvalue weighted by atomic mass is 32.1. The fourth-order valence-corrected chi connectivity index (χ4v) is 3.71. The van der Waals surface area contributed by atoms with Crippen molar-refractivity contribution in [2.75, 3.05) is 26.1 Å². The number of benzene rings is 1. The number of ether oxygens (including phenoxy) is 2. The normalized spacial score (nSPS) is 13.6. The van der Waals surface area contributed by atoms with Gasteiger partial charge in [0.25, 0.3) is 5.91 Å². The number of hydrogen-bond donors (Lipinski definition) is 2. The van der Waals surface area contributed by atoms with Crippen LogP contribution in [0.25, 0.3) is 0 Å². The number of carbonyl (C=O) groups excluding carboxylic acids is 1. The second kappa shape index (κ2) is 9.41. The average molecular weight is 388 g/mol. The molecule has 0 atom stereocenters. The second-order valence-corrected chi connectivity index (χ2v) is 7.20. The molecular weight excluding hydrogens is 362 g/mol. The average Bonchev–Trinajstić information content (AvgIpc) is 3.17. The van der Waals surface area contributed by atoms with Gasteiger partial charge >= 0.3 is 0 Å². The molecule has 0 saturated heterocycles. The molecule has 144 valence electrons. The molecule has 1 aliphatic carbocycles. The highest BCUT2D eigenvalue weighted by Gasteiger charge is 2.13. The van der Waals surface area contributed by atoms with E-state index in [1.165, 1.54) is 36.2 Å². The summed E-state index contributed by atoms with van der Waals surface area (Å²) in [4.78, 5) is 16.7. The summed E-state index contributed by atoms with van der Waals surface area (Å²) < 4.78 is 10.6. The zero-order chi connectivity index (χ0) is 19.1. The van der Waals surface area contributed by atoms with Crippen molar-refractivity contribution in [2.24, 2.45) is 0 Å². The van der Waals surface area contributed by atoms with E-state index >= 15 is 0 Å². The number of anilines is 2. The molecule has 0 fully saturated rings. The van der Waals surface area contributed by atoms with Gasteiger partial charge in [-0.15, -0.1) is 11.3 Å². The highest BCUT2D eigenvalue weighted by Crippen LogP contribution is 2.32. The van der Waals surface area contributed by atoms with E-state index in [0.29, 0.717) is 28.9 Å². The minimum atomic E-state index is -0.141. The molecule has 7 heteroatoms. The van der Waals surface area contributed by atoms with Crippen LogP contribution in [0.5, 0.6) is 11.5 Å². The van der Waals surface area contributed by atoms with Crippen molar-refractivity contribution in [3.05, 3.63) is 40.9 Å². The minimum Gasteiger partial charge on any atom is -0.497 e. The summed E-state index contributed by atoms with van der Waals surface area (Å²) in [6.45, 7) is 0.650. The molecule has 1 aromatic heterocycles. The van der Waals surface area contributed by atoms with Crippen LogP contribution in [-0.2, 0) is 0 Å². The summed E-state index contributed by atoms with van der Waals surface area (Å²) in [5.41, 5.74) is 2.64. The maximum Gasteiger partial charge on any atom is 0.270 e. The minimum absolute atomic E-state index is 0.141. The molecular formula is C20H25N3O3S. The Labute approximate surface area is 163 Å². The van der Waals surface area contributed by atoms with E-state index in [2.05, 4.69) is 21.7 Å². The van der Waals surface area contributed by atoms with Crippen molar-refractivity contribution >= 4 is 28.1 Å². The Balaban J connectivity index is 1.56. The van der Waals surface area contributed by atoms with Crippen molar-refractivity contribution in [2.45, 2.75) is 32.1 Å². The summed E-state index contributed by atoms with van der Waals surface area (Å²) in [6.07, 6.45) is 8.09. The largest absolute Gasteiger partial charge is 0.497 e. The fraction of sp³-hybridized carbons (Fsp3) is 0.400. The van der Waals surface area contributed by atoms with Crippen LogP contribution in [0.15, 0.2) is 35.2 Å². The quantitative estimate of drug-likeness (QED) is 0.652. The zero-order valence-corrected chi connectivity index (χ0v) is 16.5. The number of carbonyl (C=O) groups is 1. The maximum absolute atomic E-state index is 12.3. The summed E-state index contributed by atoms with van der Waals surface area (Å²) in [7, 11) is 3.21. The molecule has 0 aliphatic heterocycles. The third kappa shape index (κ3) is 5.23. The topological polar surface area (TPSA) is 72.5 Å². The number of nitrogens with one attached hydrogen (secondary N) is 2. The molecule has 27 heavy (non-hydrogen) atoms. The van der Waals surface area contributed by atoms with Gasteiger partial charge in [-0.3, -0.25) is 4.79 Å². The van der Waals surface area contributed by atoms with Gasteiger partial charge in [0.2, 0.25) is 0 Å². The zero-order valence-electron chi connectivity index (χ0n) is 15.7. The van der Waals surface area contributed by atoms with Crippen molar-refractivity contribution in [1.29, 1.82) is 0 Å². The first-order chi connectivity index (χ1) is 13.2. The van der Waals surface area contributed by atoms with E-state index in [4.69, 9.17) is 9.47 Å². The molecule has 1 heterocycles. The standard InChI is InChI=1S/C20H25N3O3S/c1-25-15-8-9-16(18(12-15)26-2)22-20-23-17(13-27-20)19(24)21-11-10-14-6-4-3-5-7-14/h6,8-9,12-13H,3-5,7,10-11H2,1-2H3,(H,21,24)(H,22,23). The molecule has 0 spiro atoms. The third-order valence-corrected chi connectivity index (χ3v) is 5.26. The van der Waals surface area contributed by atoms with E-state index in [-0.39, 0.29) is 5.91 Å². The first kappa shape index (κ1) is 19.2. The molecule has 0 saturated carbocycles. The summed E-state index contributed by atoms with van der Waals surface area (Å²) in [5, 5.41) is 8.55. The molecule has 2 aromatic rings. The lowest BCUT2D eigenvalue weighted by Crippen LogP contribution is -2.25. The van der Waals surface area contributed by atoms with Gasteiger partial charge in [-0.05, 0) is 44.2 Å². The first-order valence-electron chi connectivity index (χ1n) is 9.10. The van der Waals surface area contributed by atoms with Gasteiger partial charge in [0, 0.05) is 18.0 Å². The van der Waals surface area contributed by atoms with E-state index < -0.39 is 0 Å². The number of rotatable bonds is 8. The second-order valence-electron chi connectivity index (χ2n) is 6.34. The predicted molar refractivity (Wildman–Crippen MR) is 108 cm³/mol. The number of hydrogen-bond acceptors (Lipinski definition) is 6. The van der Waals surface area contributed by atoms with Gasteiger partial charge in [0.15, 0.2) is 5.13 Å². The summed E-state index contributed by atoms with van der Waals surface area (Å²) in [5.74, 6) is 1.22. The van der Waals surface area contributed by atoms with E-state index in [1.807, 2.05) is 12.1 Å². The molecule has 6 nitrogen and oxygen atoms in total. The number of methoxy groups -OCH3 is 2. The Kier molecular flexibility index (Phi) is 6.70. The predicted octanol–water partition coefficient (Wildman–Crippen LogP) is 4.52. The van der Waals surface area contributed by atoms with Crippen LogP contribution in [0, 0.1) is 0 Å². The van der Waals surface area contributed by atoms with Crippen molar-refractivity contribution in [1.82, 2.24) is 10.3 Å². The first-order valence-corrected chi connectivity index (χ1v) is 9.98. The van der Waals surface area contributed by atoms with Crippen LogP contribution in [0.4, 0.5) is 10.8 Å². The smallest absolute Gasteiger partial charge is 0.270 e. The van der Waals surface area contributed by atoms with Gasteiger partial charge in [0.1, 0.15) is 17.2 Å². The van der Waals surface area contributed by atoms with Gasteiger partial charge in [-0.1, -0.05) is 11.6 Å². The number of thiazole rings is 1. The Morgan fingerprint density at radius 3 is 2.89 bits per heavy atom. The molecule has 0 radical (unpaired) electrons. The molecule has 0 unspecified atom stereocenters. The summed E-state index contributed by atoms with van der Waals surface area (Å²) in [6, 6.07) is 5.49. The SMILES string of the molecule is COc1ccc(Nc2nc(C(=O)NCCC3=CCCCC3)cs2)c(OC)c1. The fourth-order valence-electron chi connectivity index (χ4n) is 3.01. The Hall–Kier alpha value is -2.54. The van der Waals surface area contributed by atoms with Crippen LogP contribution < -0.4 is 20.1 Å². The molecule has 1 aromatic carbocycles. The van der Waals surface area contributed by atoms with Crippen molar-refractivity contribution < 1.29 is 14.3 Å². The summed E-state index contributed by atoms with van der Waals surface area (Å²) >= 11 is 1.38. The molecule has 1 amide bonds. The Morgan fingerprint density at radius 2 is 2.15 bits per heavy atom. The Bertz CT molecular complexity index is 817. The van der Waals surface area contributed by atoms with Gasteiger partial charge in [0.05, 0.1) is 19.9 Å². The third-order valence-electron chi connectivity index (χ3n) is 4.50.